The van der Waals surface area contributed by atoms with E-state index in [0.717, 1.165) is 12.2 Å². The molecule has 8 heteroatoms. The smallest absolute Gasteiger partial charge is 0.248 e. The Morgan fingerprint density at radius 1 is 1.45 bits per heavy atom. The van der Waals surface area contributed by atoms with Crippen molar-refractivity contribution in [3.63, 3.8) is 0 Å². The fourth-order valence-electron chi connectivity index (χ4n) is 1.63. The summed E-state index contributed by atoms with van der Waals surface area (Å²) in [6.07, 6.45) is 2.68. The van der Waals surface area contributed by atoms with Gasteiger partial charge in [0.1, 0.15) is 4.90 Å². The topological polar surface area (TPSA) is 115 Å². The Kier molecular flexibility index (Phi) is 5.85. The molecular weight excluding hydrogens is 298 g/mol. The second-order valence-corrected chi connectivity index (χ2v) is 7.09. The molecule has 112 valence electrons. The molecule has 0 aliphatic heterocycles. The molecule has 0 bridgehead atoms. The van der Waals surface area contributed by atoms with Crippen LogP contribution in [0.3, 0.4) is 0 Å². The van der Waals surface area contributed by atoms with Crippen molar-refractivity contribution >= 4 is 33.4 Å². The van der Waals surface area contributed by atoms with E-state index in [2.05, 4.69) is 4.72 Å². The zero-order valence-corrected chi connectivity index (χ0v) is 13.1. The highest BCUT2D eigenvalue weighted by Gasteiger charge is 2.20. The van der Waals surface area contributed by atoms with Crippen LogP contribution in [0.15, 0.2) is 23.1 Å². The number of nitrogens with two attached hydrogens (primary N) is 2. The zero-order chi connectivity index (χ0) is 15.3. The lowest BCUT2D eigenvalue weighted by atomic mass is 10.2. The molecule has 1 unspecified atom stereocenters. The van der Waals surface area contributed by atoms with Gasteiger partial charge in [-0.1, -0.05) is 0 Å². The van der Waals surface area contributed by atoms with Crippen molar-refractivity contribution in [1.82, 2.24) is 4.72 Å². The lowest BCUT2D eigenvalue weighted by molar-refractivity contribution is 0.1000. The Bertz CT molecular complexity index is 588. The van der Waals surface area contributed by atoms with Gasteiger partial charge < -0.3 is 11.5 Å². The third-order valence-corrected chi connectivity index (χ3v) is 5.00. The van der Waals surface area contributed by atoms with E-state index in [0.29, 0.717) is 0 Å². The van der Waals surface area contributed by atoms with Gasteiger partial charge in [0.15, 0.2) is 0 Å². The molecule has 1 atom stereocenters. The van der Waals surface area contributed by atoms with E-state index in [1.54, 1.807) is 18.7 Å². The summed E-state index contributed by atoms with van der Waals surface area (Å²) in [5.74, 6) is 0.210. The number of benzene rings is 1. The number of amides is 1. The van der Waals surface area contributed by atoms with Gasteiger partial charge in [-0.25, -0.2) is 13.1 Å². The maximum atomic E-state index is 12.2. The number of rotatable bonds is 7. The van der Waals surface area contributed by atoms with Crippen molar-refractivity contribution in [2.24, 2.45) is 5.73 Å². The Balaban J connectivity index is 2.95. The molecular formula is C12H19N3O3S2. The van der Waals surface area contributed by atoms with Gasteiger partial charge in [0.2, 0.25) is 15.9 Å². The molecule has 1 rings (SSSR count). The Morgan fingerprint density at radius 2 is 2.10 bits per heavy atom. The fraction of sp³-hybridized carbons (Fsp3) is 0.417. The first kappa shape index (κ1) is 16.8. The number of nitrogens with one attached hydrogen (secondary N) is 1. The third kappa shape index (κ3) is 4.39. The Labute approximate surface area is 123 Å². The molecule has 0 heterocycles. The minimum atomic E-state index is -3.70. The van der Waals surface area contributed by atoms with Crippen LogP contribution in [-0.2, 0) is 10.0 Å². The van der Waals surface area contributed by atoms with E-state index < -0.39 is 15.9 Å². The molecule has 0 spiro atoms. The predicted octanol–water partition coefficient (Wildman–Crippen LogP) is 0.788. The molecule has 0 aromatic heterocycles. The number of thioether (sulfide) groups is 1. The monoisotopic (exact) mass is 317 g/mol. The largest absolute Gasteiger partial charge is 0.398 e. The summed E-state index contributed by atoms with van der Waals surface area (Å²) < 4.78 is 26.9. The molecule has 1 aromatic rings. The molecule has 1 amide bonds. The van der Waals surface area contributed by atoms with Crippen LogP contribution >= 0.6 is 11.8 Å². The highest BCUT2D eigenvalue weighted by Crippen LogP contribution is 2.20. The summed E-state index contributed by atoms with van der Waals surface area (Å²) in [7, 11) is -3.70. The molecule has 6 nitrogen and oxygen atoms in total. The Hall–Kier alpha value is -1.25. The maximum Gasteiger partial charge on any atom is 0.248 e. The lowest BCUT2D eigenvalue weighted by Crippen LogP contribution is -2.33. The second kappa shape index (κ2) is 6.96. The van der Waals surface area contributed by atoms with Gasteiger partial charge in [0.25, 0.3) is 0 Å². The zero-order valence-electron chi connectivity index (χ0n) is 11.4. The summed E-state index contributed by atoms with van der Waals surface area (Å²) in [6, 6.07) is 3.71. The summed E-state index contributed by atoms with van der Waals surface area (Å²) >= 11 is 1.65. The summed E-state index contributed by atoms with van der Waals surface area (Å²) in [6.45, 7) is 1.79. The number of primary amides is 1. The second-order valence-electron chi connectivity index (χ2n) is 4.42. The van der Waals surface area contributed by atoms with Crippen LogP contribution in [0.1, 0.15) is 23.7 Å². The quantitative estimate of drug-likeness (QED) is 0.643. The summed E-state index contributed by atoms with van der Waals surface area (Å²) in [5, 5.41) is 0. The first-order chi connectivity index (χ1) is 9.27. The molecule has 0 fully saturated rings. The summed E-state index contributed by atoms with van der Waals surface area (Å²) in [5.41, 5.74) is 11.0. The van der Waals surface area contributed by atoms with E-state index >= 15 is 0 Å². The van der Waals surface area contributed by atoms with E-state index in [1.807, 2.05) is 6.26 Å². The normalized spacial score (nSPS) is 13.1. The van der Waals surface area contributed by atoms with Gasteiger partial charge >= 0.3 is 0 Å². The SMILES string of the molecule is CSCCC(C)NS(=O)(=O)c1ccc(C(N)=O)cc1N. The molecule has 5 N–H and O–H groups in total. The van der Waals surface area contributed by atoms with Crippen LogP contribution in [0.25, 0.3) is 0 Å². The highest BCUT2D eigenvalue weighted by atomic mass is 32.2. The van der Waals surface area contributed by atoms with E-state index in [4.69, 9.17) is 11.5 Å². The molecule has 0 aliphatic carbocycles. The molecule has 0 saturated carbocycles. The molecule has 0 radical (unpaired) electrons. The van der Waals surface area contributed by atoms with E-state index in [-0.39, 0.29) is 22.2 Å². The van der Waals surface area contributed by atoms with Crippen LogP contribution in [0.2, 0.25) is 0 Å². The van der Waals surface area contributed by atoms with Gasteiger partial charge in [-0.05, 0) is 43.6 Å². The minimum Gasteiger partial charge on any atom is -0.398 e. The van der Waals surface area contributed by atoms with Crippen molar-refractivity contribution in [2.45, 2.75) is 24.3 Å². The number of sulfonamides is 1. The van der Waals surface area contributed by atoms with Crippen molar-refractivity contribution < 1.29 is 13.2 Å². The van der Waals surface area contributed by atoms with Crippen molar-refractivity contribution in [3.8, 4) is 0 Å². The molecule has 0 saturated heterocycles. The number of hydrogen-bond donors (Lipinski definition) is 3. The number of carbonyl (C=O) groups excluding carboxylic acids is 1. The first-order valence-electron chi connectivity index (χ1n) is 5.98. The molecule has 1 aromatic carbocycles. The maximum absolute atomic E-state index is 12.2. The average Bonchev–Trinajstić information content (AvgIpc) is 2.35. The van der Waals surface area contributed by atoms with Crippen LogP contribution in [0.4, 0.5) is 5.69 Å². The first-order valence-corrected chi connectivity index (χ1v) is 8.86. The number of carbonyl (C=O) groups is 1. The lowest BCUT2D eigenvalue weighted by Gasteiger charge is -2.15. The number of anilines is 1. The minimum absolute atomic E-state index is 0.00543. The average molecular weight is 317 g/mol. The van der Waals surface area contributed by atoms with Crippen LogP contribution in [0, 0.1) is 0 Å². The summed E-state index contributed by atoms with van der Waals surface area (Å²) in [4.78, 5) is 11.0. The molecule has 20 heavy (non-hydrogen) atoms. The van der Waals surface area contributed by atoms with E-state index in [9.17, 15) is 13.2 Å². The van der Waals surface area contributed by atoms with Crippen LogP contribution in [0.5, 0.6) is 0 Å². The van der Waals surface area contributed by atoms with Gasteiger partial charge in [0, 0.05) is 11.6 Å². The standard InChI is InChI=1S/C12H19N3O3S2/c1-8(5-6-19-2)15-20(17,18)11-4-3-9(12(14)16)7-10(11)13/h3-4,7-8,15H,5-6,13H2,1-2H3,(H2,14,16). The van der Waals surface area contributed by atoms with Gasteiger partial charge in [-0.15, -0.1) is 0 Å². The fourth-order valence-corrected chi connectivity index (χ4v) is 3.61. The van der Waals surface area contributed by atoms with Gasteiger partial charge in [-0.2, -0.15) is 11.8 Å². The van der Waals surface area contributed by atoms with Crippen LogP contribution in [-0.4, -0.2) is 32.4 Å². The number of nitrogen functional groups attached to an aromatic ring is 1. The van der Waals surface area contributed by atoms with E-state index in [1.165, 1.54) is 18.2 Å². The van der Waals surface area contributed by atoms with Gasteiger partial charge in [0.05, 0.1) is 5.69 Å². The van der Waals surface area contributed by atoms with Crippen molar-refractivity contribution in [3.05, 3.63) is 23.8 Å². The highest BCUT2D eigenvalue weighted by molar-refractivity contribution is 7.98. The number of hydrogen-bond acceptors (Lipinski definition) is 5. The van der Waals surface area contributed by atoms with Gasteiger partial charge in [-0.3, -0.25) is 4.79 Å². The Morgan fingerprint density at radius 3 is 2.60 bits per heavy atom. The van der Waals surface area contributed by atoms with Crippen LogP contribution < -0.4 is 16.2 Å². The van der Waals surface area contributed by atoms with Crippen molar-refractivity contribution in [2.75, 3.05) is 17.7 Å². The molecule has 0 aliphatic rings. The third-order valence-electron chi connectivity index (χ3n) is 2.70. The predicted molar refractivity (Wildman–Crippen MR) is 82.2 cm³/mol. The van der Waals surface area contributed by atoms with Crippen molar-refractivity contribution in [1.29, 1.82) is 0 Å².